The molecule has 3 atom stereocenters. The highest BCUT2D eigenvalue weighted by atomic mass is 16.5. The molecule has 3 aromatic rings. The van der Waals surface area contributed by atoms with Gasteiger partial charge in [0, 0.05) is 53.2 Å². The number of hydrogen-bond acceptors (Lipinski definition) is 4. The number of carbonyl (C=O) groups is 1. The molecule has 3 N–H and O–H groups in total. The number of hydrogen-bond donors (Lipinski definition) is 3. The molecule has 1 amide bonds. The molecule has 4 aliphatic rings. The molecule has 6 heteroatoms. The molecule has 33 heavy (non-hydrogen) atoms. The van der Waals surface area contributed by atoms with Crippen LogP contribution in [0.5, 0.6) is 0 Å². The number of ether oxygens (including phenoxy) is 1. The number of nitrogens with one attached hydrogen (secondary N) is 2. The molecule has 0 spiro atoms. The number of amides is 1. The highest BCUT2D eigenvalue weighted by Crippen LogP contribution is 2.49. The summed E-state index contributed by atoms with van der Waals surface area (Å²) < 4.78 is 9.05. The minimum atomic E-state index is -0.724. The van der Waals surface area contributed by atoms with Gasteiger partial charge in [0.15, 0.2) is 0 Å². The van der Waals surface area contributed by atoms with E-state index in [4.69, 9.17) is 4.74 Å². The van der Waals surface area contributed by atoms with E-state index in [1.807, 2.05) is 18.2 Å². The Morgan fingerprint density at radius 1 is 1.24 bits per heavy atom. The largest absolute Gasteiger partial charge is 0.396 e. The summed E-state index contributed by atoms with van der Waals surface area (Å²) in [7, 11) is 0. The second-order valence-electron chi connectivity index (χ2n) is 9.51. The molecule has 1 saturated heterocycles. The van der Waals surface area contributed by atoms with Crippen molar-refractivity contribution >= 4 is 28.6 Å². The first-order chi connectivity index (χ1) is 16.1. The van der Waals surface area contributed by atoms with E-state index in [9.17, 15) is 9.90 Å². The van der Waals surface area contributed by atoms with Crippen molar-refractivity contribution in [2.75, 3.05) is 11.9 Å². The summed E-state index contributed by atoms with van der Waals surface area (Å²) in [4.78, 5) is 13.1. The molecular formula is C27H25N3O3. The van der Waals surface area contributed by atoms with Crippen molar-refractivity contribution in [3.05, 3.63) is 70.9 Å². The first kappa shape index (κ1) is 19.1. The average molecular weight is 440 g/mol. The van der Waals surface area contributed by atoms with Crippen molar-refractivity contribution in [1.29, 1.82) is 0 Å². The van der Waals surface area contributed by atoms with E-state index in [1.165, 1.54) is 0 Å². The van der Waals surface area contributed by atoms with Gasteiger partial charge in [-0.25, -0.2) is 0 Å². The third kappa shape index (κ3) is 2.42. The van der Waals surface area contributed by atoms with Crippen LogP contribution >= 0.6 is 0 Å². The number of allylic oxidation sites excluding steroid dienone is 3. The van der Waals surface area contributed by atoms with Crippen LogP contribution < -0.4 is 10.6 Å². The lowest BCUT2D eigenvalue weighted by Crippen LogP contribution is -2.39. The first-order valence-corrected chi connectivity index (χ1v) is 11.6. The Bertz CT molecular complexity index is 1420. The molecule has 2 aromatic carbocycles. The van der Waals surface area contributed by atoms with Crippen molar-refractivity contribution in [3.63, 3.8) is 0 Å². The van der Waals surface area contributed by atoms with Crippen LogP contribution in [0, 0.1) is 5.92 Å². The number of aliphatic hydroxyl groups excluding tert-OH is 1. The lowest BCUT2D eigenvalue weighted by molar-refractivity contribution is -0.103. The zero-order valence-electron chi connectivity index (χ0n) is 18.4. The van der Waals surface area contributed by atoms with Crippen LogP contribution in [0.3, 0.4) is 0 Å². The fourth-order valence-electron chi connectivity index (χ4n) is 6.31. The normalized spacial score (nSPS) is 26.5. The van der Waals surface area contributed by atoms with Gasteiger partial charge in [-0.15, -0.1) is 0 Å². The number of para-hydroxylation sites is 1. The molecule has 7 rings (SSSR count). The van der Waals surface area contributed by atoms with Gasteiger partial charge in [0.05, 0.1) is 17.7 Å². The van der Waals surface area contributed by atoms with E-state index in [0.29, 0.717) is 13.0 Å². The Morgan fingerprint density at radius 2 is 2.12 bits per heavy atom. The van der Waals surface area contributed by atoms with Gasteiger partial charge >= 0.3 is 0 Å². The van der Waals surface area contributed by atoms with E-state index in [0.717, 1.165) is 56.5 Å². The predicted molar refractivity (Wildman–Crippen MR) is 128 cm³/mol. The smallest absolute Gasteiger partial charge is 0.252 e. The number of aromatic nitrogens is 1. The maximum atomic E-state index is 13.1. The van der Waals surface area contributed by atoms with Crippen LogP contribution in [0.1, 0.15) is 40.5 Å². The SMILES string of the molecule is CC12OC(CC1CO)Nc1ccccc1-c1cc3c(c4c(n32)CC=CC=C4)c2c1C(=O)NC2. The van der Waals surface area contributed by atoms with Crippen LogP contribution in [0.4, 0.5) is 5.69 Å². The van der Waals surface area contributed by atoms with Crippen LogP contribution in [-0.2, 0) is 23.4 Å². The second kappa shape index (κ2) is 6.59. The summed E-state index contributed by atoms with van der Waals surface area (Å²) in [6.07, 6.45) is 9.65. The molecule has 3 aliphatic heterocycles. The summed E-state index contributed by atoms with van der Waals surface area (Å²) in [5.41, 5.74) is 7.31. The van der Waals surface area contributed by atoms with E-state index in [-0.39, 0.29) is 24.7 Å². The molecule has 0 saturated carbocycles. The third-order valence-corrected chi connectivity index (χ3v) is 7.81. The van der Waals surface area contributed by atoms with Gasteiger partial charge in [0.1, 0.15) is 12.0 Å². The fourth-order valence-corrected chi connectivity index (χ4v) is 6.31. The van der Waals surface area contributed by atoms with Gasteiger partial charge in [-0.05, 0) is 30.2 Å². The third-order valence-electron chi connectivity index (χ3n) is 7.81. The molecule has 1 aromatic heterocycles. The first-order valence-electron chi connectivity index (χ1n) is 11.6. The number of nitrogens with zero attached hydrogens (tertiary/aromatic N) is 1. The van der Waals surface area contributed by atoms with Gasteiger partial charge < -0.3 is 25.0 Å². The minimum Gasteiger partial charge on any atom is -0.396 e. The van der Waals surface area contributed by atoms with Crippen LogP contribution in [-0.4, -0.2) is 28.4 Å². The Balaban J connectivity index is 1.69. The maximum absolute atomic E-state index is 13.1. The van der Waals surface area contributed by atoms with E-state index in [1.54, 1.807) is 0 Å². The van der Waals surface area contributed by atoms with Crippen molar-refractivity contribution in [2.24, 2.45) is 5.92 Å². The highest BCUT2D eigenvalue weighted by Gasteiger charge is 2.49. The number of rotatable bonds is 1. The van der Waals surface area contributed by atoms with Gasteiger partial charge in [-0.1, -0.05) is 42.5 Å². The van der Waals surface area contributed by atoms with Crippen LogP contribution in [0.25, 0.3) is 28.1 Å². The van der Waals surface area contributed by atoms with Crippen molar-refractivity contribution in [1.82, 2.24) is 9.88 Å². The Kier molecular flexibility index (Phi) is 3.82. The molecule has 4 bridgehead atoms. The van der Waals surface area contributed by atoms with Crippen LogP contribution in [0.15, 0.2) is 48.6 Å². The Morgan fingerprint density at radius 3 is 3.00 bits per heavy atom. The topological polar surface area (TPSA) is 75.5 Å². The number of aliphatic hydroxyl groups is 1. The monoisotopic (exact) mass is 439 g/mol. The average Bonchev–Trinajstić information content (AvgIpc) is 3.38. The van der Waals surface area contributed by atoms with Gasteiger partial charge in [-0.3, -0.25) is 4.79 Å². The fraction of sp³-hybridized carbons (Fsp3) is 0.296. The van der Waals surface area contributed by atoms with Gasteiger partial charge in [0.2, 0.25) is 0 Å². The summed E-state index contributed by atoms with van der Waals surface area (Å²) in [6, 6.07) is 10.3. The summed E-state index contributed by atoms with van der Waals surface area (Å²) in [6.45, 7) is 2.64. The second-order valence-corrected chi connectivity index (χ2v) is 9.51. The lowest BCUT2D eigenvalue weighted by Gasteiger charge is -2.35. The van der Waals surface area contributed by atoms with Crippen molar-refractivity contribution < 1.29 is 14.6 Å². The number of benzene rings is 2. The molecule has 0 radical (unpaired) electrons. The number of fused-ring (bicyclic) bond motifs is 12. The van der Waals surface area contributed by atoms with E-state index >= 15 is 0 Å². The standard InChI is InChI=1S/C27H25N3O3/c1-27-15(14-31)11-23(33-27)29-20-9-6-5-7-16(20)18-12-22-24(19-13-28-26(32)25(18)19)17-8-3-2-4-10-21(17)30(22)27/h2-9,12,15,23,29,31H,10-11,13-14H2,1H3,(H,28,32). The number of anilines is 1. The molecule has 3 unspecified atom stereocenters. The lowest BCUT2D eigenvalue weighted by atomic mass is 9.91. The maximum Gasteiger partial charge on any atom is 0.252 e. The van der Waals surface area contributed by atoms with Crippen LogP contribution in [0.2, 0.25) is 0 Å². The molecule has 1 aliphatic carbocycles. The quantitative estimate of drug-likeness (QED) is 0.533. The molecule has 6 nitrogen and oxygen atoms in total. The van der Waals surface area contributed by atoms with Gasteiger partial charge in [0.25, 0.3) is 5.91 Å². The Labute approximate surface area is 191 Å². The highest BCUT2D eigenvalue weighted by molar-refractivity contribution is 6.13. The summed E-state index contributed by atoms with van der Waals surface area (Å²) >= 11 is 0. The zero-order valence-corrected chi connectivity index (χ0v) is 18.4. The predicted octanol–water partition coefficient (Wildman–Crippen LogP) is 4.13. The number of carbonyl (C=O) groups excluding carboxylic acids is 1. The van der Waals surface area contributed by atoms with Crippen molar-refractivity contribution in [3.8, 4) is 11.1 Å². The molecule has 1 fully saturated rings. The molecular weight excluding hydrogens is 414 g/mol. The van der Waals surface area contributed by atoms with E-state index in [2.05, 4.69) is 58.6 Å². The van der Waals surface area contributed by atoms with E-state index < -0.39 is 5.72 Å². The van der Waals surface area contributed by atoms with Gasteiger partial charge in [-0.2, -0.15) is 0 Å². The Hall–Kier alpha value is -3.35. The molecule has 166 valence electrons. The van der Waals surface area contributed by atoms with Crippen molar-refractivity contribution in [2.45, 2.75) is 38.3 Å². The summed E-state index contributed by atoms with van der Waals surface area (Å²) in [5, 5.41) is 18.2. The molecule has 4 heterocycles. The minimum absolute atomic E-state index is 0.0235. The zero-order chi connectivity index (χ0) is 22.3. The summed E-state index contributed by atoms with van der Waals surface area (Å²) in [5.74, 6) is -0.0997.